The molecule has 0 aliphatic rings. The van der Waals surface area contributed by atoms with Crippen molar-refractivity contribution in [1.29, 1.82) is 0 Å². The predicted molar refractivity (Wildman–Crippen MR) is 102 cm³/mol. The van der Waals surface area contributed by atoms with Gasteiger partial charge in [-0.05, 0) is 38.8 Å². The summed E-state index contributed by atoms with van der Waals surface area (Å²) < 4.78 is 1.72. The minimum atomic E-state index is -0.848. The van der Waals surface area contributed by atoms with E-state index < -0.39 is 5.54 Å². The molecule has 134 valence electrons. The number of nitrogens with one attached hydrogen (secondary N) is 1. The maximum Gasteiger partial charge on any atom is 0.239 e. The van der Waals surface area contributed by atoms with Crippen LogP contribution in [0.4, 0.5) is 5.82 Å². The molecule has 0 spiro atoms. The quantitative estimate of drug-likeness (QED) is 0.674. The number of para-hydroxylation sites is 1. The summed E-state index contributed by atoms with van der Waals surface area (Å²) in [6.45, 7) is 3.94. The summed E-state index contributed by atoms with van der Waals surface area (Å²) >= 11 is 0. The van der Waals surface area contributed by atoms with E-state index in [1.54, 1.807) is 18.5 Å². The molecule has 0 saturated carbocycles. The molecular weight excluding hydrogens is 349 g/mol. The van der Waals surface area contributed by atoms with Crippen LogP contribution in [0.15, 0.2) is 36.4 Å². The lowest BCUT2D eigenvalue weighted by molar-refractivity contribution is -0.125. The highest BCUT2D eigenvalue weighted by Gasteiger charge is 2.20. The van der Waals surface area contributed by atoms with Gasteiger partial charge in [0, 0.05) is 12.6 Å². The monoisotopic (exact) mass is 373 g/mol. The molecule has 1 amide bonds. The van der Waals surface area contributed by atoms with E-state index in [1.807, 2.05) is 36.4 Å². The standard InChI is InChI=1S/C16H23N5O.2ClH/c1-16(2,18)15(22)19-10-6-7-12-11-14(17)21(20-12)13-8-4-3-5-9-13;;/h3-5,8-9,11H,6-7,10,17-18H2,1-2H3,(H,19,22);2*1H. The molecule has 2 aromatic rings. The Labute approximate surface area is 154 Å². The number of amides is 1. The van der Waals surface area contributed by atoms with Gasteiger partial charge in [0.05, 0.1) is 16.9 Å². The number of hydrogen-bond acceptors (Lipinski definition) is 4. The maximum absolute atomic E-state index is 11.6. The van der Waals surface area contributed by atoms with Crippen LogP contribution in [0, 0.1) is 0 Å². The molecule has 0 bridgehead atoms. The smallest absolute Gasteiger partial charge is 0.239 e. The summed E-state index contributed by atoms with van der Waals surface area (Å²) in [5.74, 6) is 0.454. The number of nitrogen functional groups attached to an aromatic ring is 1. The van der Waals surface area contributed by atoms with Crippen molar-refractivity contribution in [3.05, 3.63) is 42.1 Å². The number of nitrogens with zero attached hydrogens (tertiary/aromatic N) is 2. The molecule has 0 atom stereocenters. The number of aromatic nitrogens is 2. The summed E-state index contributed by atoms with van der Waals surface area (Å²) in [7, 11) is 0. The SMILES string of the molecule is CC(C)(N)C(=O)NCCCc1cc(N)n(-c2ccccc2)n1.Cl.Cl. The van der Waals surface area contributed by atoms with Gasteiger partial charge in [-0.25, -0.2) is 4.68 Å². The zero-order valence-electron chi connectivity index (χ0n) is 13.9. The summed E-state index contributed by atoms with van der Waals surface area (Å²) in [5, 5.41) is 7.32. The lowest BCUT2D eigenvalue weighted by atomic mass is 10.1. The van der Waals surface area contributed by atoms with Gasteiger partial charge in [0.1, 0.15) is 5.82 Å². The normalized spacial score (nSPS) is 10.5. The fourth-order valence-corrected chi connectivity index (χ4v) is 2.04. The van der Waals surface area contributed by atoms with Crippen LogP contribution in [0.25, 0.3) is 5.69 Å². The van der Waals surface area contributed by atoms with Gasteiger partial charge in [-0.15, -0.1) is 24.8 Å². The second-order valence-electron chi connectivity index (χ2n) is 5.89. The minimum Gasteiger partial charge on any atom is -0.384 e. The van der Waals surface area contributed by atoms with E-state index in [4.69, 9.17) is 11.5 Å². The Morgan fingerprint density at radius 3 is 2.46 bits per heavy atom. The Bertz CT molecular complexity index is 638. The number of halogens is 2. The van der Waals surface area contributed by atoms with Crippen molar-refractivity contribution in [1.82, 2.24) is 15.1 Å². The summed E-state index contributed by atoms with van der Waals surface area (Å²) in [6.07, 6.45) is 1.53. The first-order chi connectivity index (χ1) is 10.4. The van der Waals surface area contributed by atoms with Gasteiger partial charge < -0.3 is 16.8 Å². The highest BCUT2D eigenvalue weighted by molar-refractivity contribution is 5.85. The molecule has 0 saturated heterocycles. The van der Waals surface area contributed by atoms with Crippen LogP contribution in [0.1, 0.15) is 26.0 Å². The molecule has 0 unspecified atom stereocenters. The Hall–Kier alpha value is -1.76. The largest absolute Gasteiger partial charge is 0.384 e. The third kappa shape index (κ3) is 6.03. The highest BCUT2D eigenvalue weighted by Crippen LogP contribution is 2.14. The number of nitrogens with two attached hydrogens (primary N) is 2. The number of rotatable bonds is 6. The molecule has 1 heterocycles. The van der Waals surface area contributed by atoms with Crippen LogP contribution in [0.5, 0.6) is 0 Å². The molecule has 0 fully saturated rings. The fourth-order valence-electron chi connectivity index (χ4n) is 2.04. The van der Waals surface area contributed by atoms with Gasteiger partial charge >= 0.3 is 0 Å². The van der Waals surface area contributed by atoms with Crippen molar-refractivity contribution in [2.75, 3.05) is 12.3 Å². The fraction of sp³-hybridized carbons (Fsp3) is 0.375. The number of aryl methyl sites for hydroxylation is 1. The van der Waals surface area contributed by atoms with E-state index in [-0.39, 0.29) is 30.7 Å². The summed E-state index contributed by atoms with van der Waals surface area (Å²) in [6, 6.07) is 11.6. The number of benzene rings is 1. The minimum absolute atomic E-state index is 0. The van der Waals surface area contributed by atoms with Crippen molar-refractivity contribution in [3.8, 4) is 5.69 Å². The van der Waals surface area contributed by atoms with Crippen LogP contribution in [-0.4, -0.2) is 27.8 Å². The zero-order chi connectivity index (χ0) is 16.2. The molecule has 24 heavy (non-hydrogen) atoms. The Morgan fingerprint density at radius 2 is 1.88 bits per heavy atom. The zero-order valence-corrected chi connectivity index (χ0v) is 15.5. The average Bonchev–Trinajstić information content (AvgIpc) is 2.84. The molecule has 2 rings (SSSR count). The molecule has 0 aliphatic carbocycles. The first kappa shape index (κ1) is 22.2. The van der Waals surface area contributed by atoms with Crippen LogP contribution in [-0.2, 0) is 11.2 Å². The van der Waals surface area contributed by atoms with E-state index in [9.17, 15) is 4.79 Å². The molecule has 5 N–H and O–H groups in total. The molecule has 0 radical (unpaired) electrons. The van der Waals surface area contributed by atoms with Gasteiger partial charge in [0.2, 0.25) is 5.91 Å². The lowest BCUT2D eigenvalue weighted by Gasteiger charge is -2.17. The molecule has 6 nitrogen and oxygen atoms in total. The lowest BCUT2D eigenvalue weighted by Crippen LogP contribution is -2.49. The second-order valence-corrected chi connectivity index (χ2v) is 5.89. The van der Waals surface area contributed by atoms with E-state index >= 15 is 0 Å². The van der Waals surface area contributed by atoms with Crippen LogP contribution < -0.4 is 16.8 Å². The third-order valence-electron chi connectivity index (χ3n) is 3.27. The Morgan fingerprint density at radius 1 is 1.25 bits per heavy atom. The molecule has 0 aliphatic heterocycles. The molecule has 8 heteroatoms. The first-order valence-corrected chi connectivity index (χ1v) is 7.35. The molecule has 1 aromatic carbocycles. The number of carbonyl (C=O) groups excluding carboxylic acids is 1. The van der Waals surface area contributed by atoms with Crippen molar-refractivity contribution in [2.45, 2.75) is 32.2 Å². The summed E-state index contributed by atoms with van der Waals surface area (Å²) in [5.41, 5.74) is 12.7. The van der Waals surface area contributed by atoms with Gasteiger partial charge in [0.25, 0.3) is 0 Å². The summed E-state index contributed by atoms with van der Waals surface area (Å²) in [4.78, 5) is 11.6. The number of anilines is 1. The van der Waals surface area contributed by atoms with E-state index in [0.717, 1.165) is 24.2 Å². The maximum atomic E-state index is 11.6. The van der Waals surface area contributed by atoms with Crippen LogP contribution >= 0.6 is 24.8 Å². The van der Waals surface area contributed by atoms with Crippen LogP contribution in [0.2, 0.25) is 0 Å². The van der Waals surface area contributed by atoms with E-state index in [1.165, 1.54) is 0 Å². The van der Waals surface area contributed by atoms with E-state index in [2.05, 4.69) is 10.4 Å². The van der Waals surface area contributed by atoms with Crippen molar-refractivity contribution in [2.24, 2.45) is 5.73 Å². The molecular formula is C16H25Cl2N5O. The predicted octanol–water partition coefficient (Wildman–Crippen LogP) is 2.08. The second kappa shape index (κ2) is 9.52. The van der Waals surface area contributed by atoms with Crippen molar-refractivity contribution in [3.63, 3.8) is 0 Å². The van der Waals surface area contributed by atoms with Gasteiger partial charge in [-0.3, -0.25) is 4.79 Å². The van der Waals surface area contributed by atoms with Crippen molar-refractivity contribution >= 4 is 36.5 Å². The molecule has 1 aromatic heterocycles. The van der Waals surface area contributed by atoms with Gasteiger partial charge in [-0.1, -0.05) is 18.2 Å². The van der Waals surface area contributed by atoms with Gasteiger partial charge in [0.15, 0.2) is 0 Å². The number of hydrogen-bond donors (Lipinski definition) is 3. The van der Waals surface area contributed by atoms with Gasteiger partial charge in [-0.2, -0.15) is 5.10 Å². The van der Waals surface area contributed by atoms with E-state index in [0.29, 0.717) is 12.4 Å². The third-order valence-corrected chi connectivity index (χ3v) is 3.27. The topological polar surface area (TPSA) is 99.0 Å². The number of carbonyl (C=O) groups is 1. The Kier molecular flexibility index (Phi) is 8.82. The average molecular weight is 374 g/mol. The van der Waals surface area contributed by atoms with Crippen LogP contribution in [0.3, 0.4) is 0 Å². The highest BCUT2D eigenvalue weighted by atomic mass is 35.5. The van der Waals surface area contributed by atoms with Crippen molar-refractivity contribution < 1.29 is 4.79 Å². The Balaban J connectivity index is 0.00000264. The first-order valence-electron chi connectivity index (χ1n) is 7.35.